The summed E-state index contributed by atoms with van der Waals surface area (Å²) in [7, 11) is 0. The molecular weight excluding hydrogens is 298 g/mol. The number of aliphatic hydroxyl groups is 1. The zero-order valence-corrected chi connectivity index (χ0v) is 11.9. The molecule has 0 radical (unpaired) electrons. The van der Waals surface area contributed by atoms with Gasteiger partial charge in [-0.05, 0) is 12.5 Å². The SMILES string of the molecule is Cc1c(C(=O)N[C@@H](CCO)C(=O)O)sc2nc[nH]c(=O)c12. The Morgan fingerprint density at radius 1 is 1.52 bits per heavy atom. The molecule has 0 bridgehead atoms. The van der Waals surface area contributed by atoms with Gasteiger partial charge in [0, 0.05) is 13.0 Å². The number of aromatic nitrogens is 2. The maximum Gasteiger partial charge on any atom is 0.326 e. The lowest BCUT2D eigenvalue weighted by Gasteiger charge is -2.12. The number of carboxylic acid groups (broad SMARTS) is 1. The highest BCUT2D eigenvalue weighted by atomic mass is 32.1. The second-order valence-corrected chi connectivity index (χ2v) is 5.34. The minimum atomic E-state index is -1.23. The normalized spacial score (nSPS) is 12.3. The van der Waals surface area contributed by atoms with Crippen molar-refractivity contribution in [1.82, 2.24) is 15.3 Å². The summed E-state index contributed by atoms with van der Waals surface area (Å²) in [6.45, 7) is 1.25. The Hall–Kier alpha value is -2.26. The van der Waals surface area contributed by atoms with Crippen LogP contribution in [0.3, 0.4) is 0 Å². The van der Waals surface area contributed by atoms with Crippen LogP contribution in [0.25, 0.3) is 10.2 Å². The number of hydrogen-bond acceptors (Lipinski definition) is 6. The summed E-state index contributed by atoms with van der Waals surface area (Å²) in [4.78, 5) is 41.9. The number of aromatic amines is 1. The molecule has 0 aliphatic carbocycles. The number of nitrogens with zero attached hydrogens (tertiary/aromatic N) is 1. The van der Waals surface area contributed by atoms with Crippen LogP contribution in [0.4, 0.5) is 0 Å². The molecule has 4 N–H and O–H groups in total. The van der Waals surface area contributed by atoms with Crippen LogP contribution in [0.1, 0.15) is 21.7 Å². The van der Waals surface area contributed by atoms with Crippen molar-refractivity contribution in [1.29, 1.82) is 0 Å². The van der Waals surface area contributed by atoms with E-state index < -0.39 is 17.9 Å². The molecule has 0 saturated heterocycles. The van der Waals surface area contributed by atoms with Gasteiger partial charge in [0.15, 0.2) is 0 Å². The maximum absolute atomic E-state index is 12.2. The van der Waals surface area contributed by atoms with Crippen molar-refractivity contribution in [3.63, 3.8) is 0 Å². The molecule has 0 spiro atoms. The fourth-order valence-corrected chi connectivity index (χ4v) is 2.96. The van der Waals surface area contributed by atoms with Crippen LogP contribution in [0.2, 0.25) is 0 Å². The topological polar surface area (TPSA) is 132 Å². The Morgan fingerprint density at radius 2 is 2.24 bits per heavy atom. The summed E-state index contributed by atoms with van der Waals surface area (Å²) < 4.78 is 0. The fourth-order valence-electron chi connectivity index (χ4n) is 1.91. The third-order valence-corrected chi connectivity index (χ3v) is 4.16. The van der Waals surface area contributed by atoms with Gasteiger partial charge in [0.25, 0.3) is 11.5 Å². The van der Waals surface area contributed by atoms with E-state index in [4.69, 9.17) is 10.2 Å². The Labute approximate surface area is 122 Å². The quantitative estimate of drug-likeness (QED) is 0.607. The van der Waals surface area contributed by atoms with Gasteiger partial charge in [-0.3, -0.25) is 9.59 Å². The van der Waals surface area contributed by atoms with E-state index in [2.05, 4.69) is 15.3 Å². The third kappa shape index (κ3) is 2.93. The number of fused-ring (bicyclic) bond motifs is 1. The average molecular weight is 311 g/mol. The summed E-state index contributed by atoms with van der Waals surface area (Å²) in [5, 5.41) is 20.4. The Bertz CT molecular complexity index is 751. The lowest BCUT2D eigenvalue weighted by Crippen LogP contribution is -2.41. The molecule has 112 valence electrons. The molecule has 2 heterocycles. The Balaban J connectivity index is 2.36. The van der Waals surface area contributed by atoms with E-state index in [0.29, 0.717) is 15.8 Å². The minimum Gasteiger partial charge on any atom is -0.480 e. The van der Waals surface area contributed by atoms with Gasteiger partial charge in [-0.2, -0.15) is 0 Å². The molecule has 2 aromatic heterocycles. The number of aliphatic hydroxyl groups excluding tert-OH is 1. The summed E-state index contributed by atoms with van der Waals surface area (Å²) in [6, 6.07) is -1.18. The molecule has 0 aliphatic rings. The number of amides is 1. The largest absolute Gasteiger partial charge is 0.480 e. The van der Waals surface area contributed by atoms with Crippen LogP contribution in [-0.4, -0.2) is 44.7 Å². The number of carbonyl (C=O) groups excluding carboxylic acids is 1. The number of H-pyrrole nitrogens is 1. The van der Waals surface area contributed by atoms with Crippen LogP contribution in [0.15, 0.2) is 11.1 Å². The predicted molar refractivity (Wildman–Crippen MR) is 75.6 cm³/mol. The van der Waals surface area contributed by atoms with Gasteiger partial charge < -0.3 is 20.5 Å². The molecule has 9 heteroatoms. The lowest BCUT2D eigenvalue weighted by atomic mass is 10.2. The number of thiophene rings is 1. The van der Waals surface area contributed by atoms with E-state index in [1.807, 2.05) is 0 Å². The molecule has 0 unspecified atom stereocenters. The van der Waals surface area contributed by atoms with Crippen molar-refractivity contribution in [2.24, 2.45) is 0 Å². The molecule has 1 amide bonds. The zero-order valence-electron chi connectivity index (χ0n) is 11.0. The fraction of sp³-hybridized carbons (Fsp3) is 0.333. The highest BCUT2D eigenvalue weighted by molar-refractivity contribution is 7.20. The second-order valence-electron chi connectivity index (χ2n) is 4.34. The first-order valence-electron chi connectivity index (χ1n) is 6.07. The Kier molecular flexibility index (Phi) is 4.34. The van der Waals surface area contributed by atoms with E-state index >= 15 is 0 Å². The molecule has 0 fully saturated rings. The van der Waals surface area contributed by atoms with Gasteiger partial charge in [-0.15, -0.1) is 11.3 Å². The van der Waals surface area contributed by atoms with Gasteiger partial charge >= 0.3 is 5.97 Å². The molecule has 0 saturated carbocycles. The van der Waals surface area contributed by atoms with E-state index in [1.54, 1.807) is 6.92 Å². The van der Waals surface area contributed by atoms with Crippen LogP contribution >= 0.6 is 11.3 Å². The van der Waals surface area contributed by atoms with Gasteiger partial charge in [0.1, 0.15) is 10.9 Å². The van der Waals surface area contributed by atoms with Crippen molar-refractivity contribution < 1.29 is 19.8 Å². The molecule has 8 nitrogen and oxygen atoms in total. The van der Waals surface area contributed by atoms with E-state index in [0.717, 1.165) is 11.3 Å². The number of rotatable bonds is 5. The van der Waals surface area contributed by atoms with Gasteiger partial charge in [-0.1, -0.05) is 0 Å². The Morgan fingerprint density at radius 3 is 2.81 bits per heavy atom. The first-order valence-corrected chi connectivity index (χ1v) is 6.88. The van der Waals surface area contributed by atoms with Crippen molar-refractivity contribution in [3.8, 4) is 0 Å². The molecule has 0 aliphatic heterocycles. The number of hydrogen-bond donors (Lipinski definition) is 4. The first-order chi connectivity index (χ1) is 9.95. The van der Waals surface area contributed by atoms with Crippen LogP contribution in [-0.2, 0) is 4.79 Å². The summed E-state index contributed by atoms with van der Waals surface area (Å²) in [6.07, 6.45) is 1.15. The number of aryl methyl sites for hydroxylation is 1. The van der Waals surface area contributed by atoms with Gasteiger partial charge in [0.2, 0.25) is 0 Å². The third-order valence-electron chi connectivity index (χ3n) is 2.96. The van der Waals surface area contributed by atoms with Crippen molar-refractivity contribution in [3.05, 3.63) is 27.1 Å². The summed E-state index contributed by atoms with van der Waals surface area (Å²) in [5.41, 5.74) is 0.105. The predicted octanol–water partition coefficient (Wildman–Crippen LogP) is -0.142. The zero-order chi connectivity index (χ0) is 15.6. The highest BCUT2D eigenvalue weighted by Crippen LogP contribution is 2.26. The molecule has 1 atom stereocenters. The van der Waals surface area contributed by atoms with Crippen LogP contribution in [0.5, 0.6) is 0 Å². The highest BCUT2D eigenvalue weighted by Gasteiger charge is 2.24. The molecule has 21 heavy (non-hydrogen) atoms. The maximum atomic E-state index is 12.2. The molecule has 2 aromatic rings. The standard InChI is InChI=1S/C12H13N3O5S/c1-5-7-9(17)13-4-14-11(7)21-8(5)10(18)15-6(2-3-16)12(19)20/h4,6,16H,2-3H2,1H3,(H,15,18)(H,19,20)(H,13,14,17)/t6-/m0/s1. The van der Waals surface area contributed by atoms with E-state index in [1.165, 1.54) is 6.33 Å². The van der Waals surface area contributed by atoms with E-state index in [9.17, 15) is 14.4 Å². The number of aliphatic carboxylic acids is 1. The van der Waals surface area contributed by atoms with Gasteiger partial charge in [-0.25, -0.2) is 9.78 Å². The van der Waals surface area contributed by atoms with Gasteiger partial charge in [0.05, 0.1) is 16.6 Å². The molecular formula is C12H13N3O5S. The second kappa shape index (κ2) is 6.02. The number of nitrogens with one attached hydrogen (secondary N) is 2. The van der Waals surface area contributed by atoms with Crippen molar-refractivity contribution in [2.75, 3.05) is 6.61 Å². The van der Waals surface area contributed by atoms with Crippen LogP contribution < -0.4 is 10.9 Å². The molecule has 2 rings (SSSR count). The summed E-state index contributed by atoms with van der Waals surface area (Å²) in [5.74, 6) is -1.83. The minimum absolute atomic E-state index is 0.0934. The van der Waals surface area contributed by atoms with Crippen LogP contribution in [0, 0.1) is 6.92 Å². The molecule has 0 aromatic carbocycles. The first kappa shape index (κ1) is 15.1. The van der Waals surface area contributed by atoms with Crippen molar-refractivity contribution in [2.45, 2.75) is 19.4 Å². The smallest absolute Gasteiger partial charge is 0.326 e. The summed E-state index contributed by atoms with van der Waals surface area (Å²) >= 11 is 1.02. The number of carbonyl (C=O) groups is 2. The lowest BCUT2D eigenvalue weighted by molar-refractivity contribution is -0.139. The monoisotopic (exact) mass is 311 g/mol. The van der Waals surface area contributed by atoms with Crippen molar-refractivity contribution >= 4 is 33.4 Å². The number of carboxylic acids is 1. The van der Waals surface area contributed by atoms with E-state index in [-0.39, 0.29) is 23.5 Å². The average Bonchev–Trinajstić information content (AvgIpc) is 2.77.